The maximum atomic E-state index is 12.5. The lowest BCUT2D eigenvalue weighted by Gasteiger charge is -2.56. The van der Waals surface area contributed by atoms with E-state index in [-0.39, 0.29) is 5.92 Å². The van der Waals surface area contributed by atoms with Crippen molar-refractivity contribution < 1.29 is 19.4 Å². The minimum Gasteiger partial charge on any atom is -0.452 e. The summed E-state index contributed by atoms with van der Waals surface area (Å²) in [6, 6.07) is 0. The van der Waals surface area contributed by atoms with Crippen molar-refractivity contribution in [2.45, 2.75) is 55.4 Å². The number of hydrogen-bond acceptors (Lipinski definition) is 5. The first-order valence-electron chi connectivity index (χ1n) is 7.59. The molecule has 0 bridgehead atoms. The Balaban J connectivity index is 2.01. The van der Waals surface area contributed by atoms with Crippen molar-refractivity contribution in [3.05, 3.63) is 12.2 Å². The quantitative estimate of drug-likeness (QED) is 0.376. The molecule has 0 spiro atoms. The van der Waals surface area contributed by atoms with Crippen LogP contribution in [0.5, 0.6) is 0 Å². The Morgan fingerprint density at radius 3 is 2.86 bits per heavy atom. The van der Waals surface area contributed by atoms with Crippen molar-refractivity contribution in [2.75, 3.05) is 5.33 Å². The minimum absolute atomic E-state index is 0.187. The summed E-state index contributed by atoms with van der Waals surface area (Å²) in [5.41, 5.74) is 2.26. The van der Waals surface area contributed by atoms with Gasteiger partial charge in [0.05, 0.1) is 6.10 Å². The van der Waals surface area contributed by atoms with Crippen LogP contribution in [0.1, 0.15) is 32.6 Å². The first-order chi connectivity index (χ1) is 10.3. The van der Waals surface area contributed by atoms with Crippen LogP contribution < -0.4 is 11.1 Å². The van der Waals surface area contributed by atoms with E-state index in [0.29, 0.717) is 11.8 Å². The second kappa shape index (κ2) is 5.04. The van der Waals surface area contributed by atoms with E-state index >= 15 is 0 Å². The van der Waals surface area contributed by atoms with Crippen molar-refractivity contribution >= 4 is 27.8 Å². The topological polar surface area (TPSA) is 102 Å². The van der Waals surface area contributed by atoms with Crippen molar-refractivity contribution in [3.63, 3.8) is 0 Å². The van der Waals surface area contributed by atoms with Gasteiger partial charge in [0.2, 0.25) is 11.4 Å². The van der Waals surface area contributed by atoms with Gasteiger partial charge in [-0.05, 0) is 32.6 Å². The number of aliphatic hydroxyl groups excluding tert-OH is 1. The highest BCUT2D eigenvalue weighted by atomic mass is 79.9. The SMILES string of the molecule is C[C@@]12OC(=O)[C@]1([C@@H](O)[C@@H]1C=CCCC1)NC(=O)[C@]2(N)CCBr. The fraction of sp³-hybridized carbons (Fsp3) is 0.733. The zero-order chi connectivity index (χ0) is 16.2. The zero-order valence-electron chi connectivity index (χ0n) is 12.5. The predicted molar refractivity (Wildman–Crippen MR) is 83.2 cm³/mol. The van der Waals surface area contributed by atoms with Crippen molar-refractivity contribution in [1.29, 1.82) is 0 Å². The van der Waals surface area contributed by atoms with Gasteiger partial charge in [-0.3, -0.25) is 4.79 Å². The van der Waals surface area contributed by atoms with E-state index < -0.39 is 34.7 Å². The highest BCUT2D eigenvalue weighted by Gasteiger charge is 2.84. The summed E-state index contributed by atoms with van der Waals surface area (Å²) in [4.78, 5) is 24.7. The molecule has 0 unspecified atom stereocenters. The lowest BCUT2D eigenvalue weighted by molar-refractivity contribution is -0.240. The number of nitrogens with two attached hydrogens (primary N) is 1. The van der Waals surface area contributed by atoms with E-state index in [9.17, 15) is 14.7 Å². The summed E-state index contributed by atoms with van der Waals surface area (Å²) in [6.07, 6.45) is 5.88. The van der Waals surface area contributed by atoms with Crippen LogP contribution >= 0.6 is 15.9 Å². The molecule has 6 nitrogen and oxygen atoms in total. The van der Waals surface area contributed by atoms with Crippen LogP contribution in [0.15, 0.2) is 12.2 Å². The molecule has 22 heavy (non-hydrogen) atoms. The molecule has 3 rings (SSSR count). The highest BCUT2D eigenvalue weighted by Crippen LogP contribution is 2.54. The molecule has 2 saturated heterocycles. The molecule has 4 N–H and O–H groups in total. The molecular formula is C15H21BrN2O4. The minimum atomic E-state index is -1.45. The number of ether oxygens (including phenoxy) is 1. The van der Waals surface area contributed by atoms with E-state index in [1.807, 2.05) is 12.2 Å². The number of nitrogens with one attached hydrogen (secondary N) is 1. The Labute approximate surface area is 137 Å². The molecule has 0 aromatic rings. The lowest BCUT2D eigenvalue weighted by Crippen LogP contribution is -2.83. The number of alkyl halides is 1. The van der Waals surface area contributed by atoms with Crippen molar-refractivity contribution in [3.8, 4) is 0 Å². The number of rotatable bonds is 4. The van der Waals surface area contributed by atoms with Gasteiger partial charge in [-0.15, -0.1) is 0 Å². The number of esters is 1. The molecule has 0 aromatic carbocycles. The van der Waals surface area contributed by atoms with Crippen molar-refractivity contribution in [1.82, 2.24) is 5.32 Å². The number of allylic oxidation sites excluding steroid dienone is 1. The van der Waals surface area contributed by atoms with E-state index in [2.05, 4.69) is 21.2 Å². The van der Waals surface area contributed by atoms with Gasteiger partial charge in [0, 0.05) is 11.2 Å². The molecule has 0 radical (unpaired) electrons. The Kier molecular flexibility index (Phi) is 3.66. The molecule has 0 aromatic heterocycles. The van der Waals surface area contributed by atoms with Gasteiger partial charge in [-0.2, -0.15) is 0 Å². The number of halogens is 1. The number of amides is 1. The van der Waals surface area contributed by atoms with E-state index in [0.717, 1.165) is 19.3 Å². The van der Waals surface area contributed by atoms with Gasteiger partial charge < -0.3 is 20.9 Å². The van der Waals surface area contributed by atoms with Crippen LogP contribution in [-0.4, -0.2) is 45.1 Å². The Morgan fingerprint density at radius 2 is 2.32 bits per heavy atom. The first kappa shape index (κ1) is 16.0. The third-order valence-corrected chi connectivity index (χ3v) is 5.96. The molecule has 5 atom stereocenters. The van der Waals surface area contributed by atoms with Gasteiger partial charge in [0.15, 0.2) is 5.60 Å². The maximum Gasteiger partial charge on any atom is 0.339 e. The number of hydrogen-bond donors (Lipinski definition) is 3. The average molecular weight is 373 g/mol. The summed E-state index contributed by atoms with van der Waals surface area (Å²) >= 11 is 3.29. The summed E-state index contributed by atoms with van der Waals surface area (Å²) in [6.45, 7) is 1.64. The Morgan fingerprint density at radius 1 is 1.59 bits per heavy atom. The van der Waals surface area contributed by atoms with Crippen molar-refractivity contribution in [2.24, 2.45) is 11.7 Å². The summed E-state index contributed by atoms with van der Waals surface area (Å²) in [7, 11) is 0. The largest absolute Gasteiger partial charge is 0.452 e. The average Bonchev–Trinajstić information content (AvgIpc) is 2.64. The van der Waals surface area contributed by atoms with Gasteiger partial charge in [0.1, 0.15) is 5.54 Å². The lowest BCUT2D eigenvalue weighted by atomic mass is 9.62. The summed E-state index contributed by atoms with van der Waals surface area (Å²) in [5.74, 6) is -1.23. The molecule has 1 amide bonds. The molecule has 2 aliphatic heterocycles. The van der Waals surface area contributed by atoms with Gasteiger partial charge in [0.25, 0.3) is 0 Å². The Bertz CT molecular complexity index is 554. The molecule has 2 fully saturated rings. The number of carbonyl (C=O) groups is 2. The molecule has 1 aliphatic carbocycles. The number of carbonyl (C=O) groups excluding carboxylic acids is 2. The van der Waals surface area contributed by atoms with Crippen LogP contribution in [0.3, 0.4) is 0 Å². The fourth-order valence-electron chi connectivity index (χ4n) is 4.02. The van der Waals surface area contributed by atoms with Crippen LogP contribution in [0, 0.1) is 5.92 Å². The third-order valence-electron chi connectivity index (χ3n) is 5.57. The standard InChI is InChI=1S/C15H21BrN2O4/c1-13-14(17,7-8-16)11(20)18-15(13,12(21)22-13)10(19)9-5-3-2-4-6-9/h3,5,9-10,19H,2,4,6-8,17H2,1H3,(H,18,20)/t9-,10+,13+,14-,15+/m1/s1. The molecule has 7 heteroatoms. The van der Waals surface area contributed by atoms with Crippen LogP contribution in [0.4, 0.5) is 0 Å². The summed E-state index contributed by atoms with van der Waals surface area (Å²) in [5, 5.41) is 14.1. The van der Waals surface area contributed by atoms with Crippen LogP contribution in [-0.2, 0) is 14.3 Å². The van der Waals surface area contributed by atoms with Crippen LogP contribution in [0.2, 0.25) is 0 Å². The molecule has 0 saturated carbocycles. The smallest absolute Gasteiger partial charge is 0.339 e. The van der Waals surface area contributed by atoms with E-state index in [1.54, 1.807) is 6.92 Å². The van der Waals surface area contributed by atoms with Gasteiger partial charge in [-0.25, -0.2) is 4.79 Å². The molecule has 3 aliphatic rings. The predicted octanol–water partition coefficient (Wildman–Crippen LogP) is 0.370. The highest BCUT2D eigenvalue weighted by molar-refractivity contribution is 9.09. The molecule has 122 valence electrons. The normalized spacial score (nSPS) is 44.8. The van der Waals surface area contributed by atoms with Gasteiger partial charge in [-0.1, -0.05) is 28.1 Å². The monoisotopic (exact) mass is 372 g/mol. The van der Waals surface area contributed by atoms with E-state index in [1.165, 1.54) is 0 Å². The maximum absolute atomic E-state index is 12.5. The summed E-state index contributed by atoms with van der Waals surface area (Å²) < 4.78 is 5.35. The Hall–Kier alpha value is -0.920. The second-order valence-corrected chi connectivity index (χ2v) is 7.36. The second-order valence-electron chi connectivity index (χ2n) is 6.56. The fourth-order valence-corrected chi connectivity index (χ4v) is 4.64. The zero-order valence-corrected chi connectivity index (χ0v) is 14.1. The third kappa shape index (κ3) is 1.67. The van der Waals surface area contributed by atoms with E-state index in [4.69, 9.17) is 10.5 Å². The molecule has 2 heterocycles. The van der Waals surface area contributed by atoms with Crippen LogP contribution in [0.25, 0.3) is 0 Å². The number of aliphatic hydroxyl groups is 1. The molecular weight excluding hydrogens is 352 g/mol. The van der Waals surface area contributed by atoms with Gasteiger partial charge >= 0.3 is 5.97 Å². The first-order valence-corrected chi connectivity index (χ1v) is 8.71. The number of fused-ring (bicyclic) bond motifs is 1.